The summed E-state index contributed by atoms with van der Waals surface area (Å²) in [6.45, 7) is 0. The molecule has 0 unspecified atom stereocenters. The molecule has 0 radical (unpaired) electrons. The Bertz CT molecular complexity index is 1150. The minimum Gasteiger partial charge on any atom is -0.443 e. The zero-order chi connectivity index (χ0) is 18.3. The first-order chi connectivity index (χ1) is 12.6. The highest BCUT2D eigenvalue weighted by Gasteiger charge is 2.19. The second-order valence-electron chi connectivity index (χ2n) is 5.73. The number of hydrogen-bond acceptors (Lipinski definition) is 3. The molecule has 0 atom stereocenters. The molecule has 4 nitrogen and oxygen atoms in total. The van der Waals surface area contributed by atoms with Gasteiger partial charge in [0, 0.05) is 16.7 Å². The van der Waals surface area contributed by atoms with Crippen LogP contribution in [-0.4, -0.2) is 10.9 Å². The van der Waals surface area contributed by atoms with Gasteiger partial charge < -0.3 is 10.2 Å². The number of rotatable bonds is 3. The van der Waals surface area contributed by atoms with Crippen LogP contribution in [0.3, 0.4) is 0 Å². The summed E-state index contributed by atoms with van der Waals surface area (Å²) in [5, 5.41) is 0.771. The zero-order valence-electron chi connectivity index (χ0n) is 13.4. The first-order valence-electron chi connectivity index (χ1n) is 7.77. The molecule has 0 bridgehead atoms. The van der Waals surface area contributed by atoms with Crippen LogP contribution >= 0.6 is 23.2 Å². The van der Waals surface area contributed by atoms with Gasteiger partial charge in [-0.3, -0.25) is 4.79 Å². The molecule has 3 aromatic carbocycles. The number of carbonyl (C=O) groups excluding carboxylic acids is 1. The molecule has 6 heteroatoms. The van der Waals surface area contributed by atoms with E-state index in [1.807, 2.05) is 30.3 Å². The van der Waals surface area contributed by atoms with Gasteiger partial charge in [-0.1, -0.05) is 53.5 Å². The van der Waals surface area contributed by atoms with E-state index in [1.165, 1.54) is 6.39 Å². The Hall–Kier alpha value is -2.82. The number of aromatic nitrogens is 1. The van der Waals surface area contributed by atoms with E-state index in [2.05, 4.69) is 4.98 Å². The van der Waals surface area contributed by atoms with Crippen molar-refractivity contribution in [3.63, 3.8) is 0 Å². The van der Waals surface area contributed by atoms with E-state index >= 15 is 0 Å². The second-order valence-corrected chi connectivity index (χ2v) is 6.51. The Kier molecular flexibility index (Phi) is 4.15. The van der Waals surface area contributed by atoms with Gasteiger partial charge in [0.25, 0.3) is 0 Å². The molecule has 1 amide bonds. The first-order valence-corrected chi connectivity index (χ1v) is 8.52. The van der Waals surface area contributed by atoms with E-state index in [-0.39, 0.29) is 0 Å². The number of benzene rings is 3. The predicted molar refractivity (Wildman–Crippen MR) is 103 cm³/mol. The van der Waals surface area contributed by atoms with Gasteiger partial charge in [-0.25, -0.2) is 4.98 Å². The fourth-order valence-corrected chi connectivity index (χ4v) is 3.41. The Labute approximate surface area is 159 Å². The Morgan fingerprint density at radius 1 is 1.00 bits per heavy atom. The van der Waals surface area contributed by atoms with Crippen LogP contribution in [-0.2, 0) is 0 Å². The lowest BCUT2D eigenvalue weighted by atomic mass is 9.90. The predicted octanol–water partition coefficient (Wildman–Crippen LogP) is 5.57. The third-order valence-corrected chi connectivity index (χ3v) is 5.01. The van der Waals surface area contributed by atoms with Gasteiger partial charge in [0.2, 0.25) is 5.91 Å². The molecule has 0 aliphatic heterocycles. The van der Waals surface area contributed by atoms with Crippen molar-refractivity contribution >= 4 is 40.2 Å². The van der Waals surface area contributed by atoms with Crippen LogP contribution < -0.4 is 5.73 Å². The summed E-state index contributed by atoms with van der Waals surface area (Å²) >= 11 is 12.6. The number of oxazole rings is 1. The average Bonchev–Trinajstić information content (AvgIpc) is 3.11. The SMILES string of the molecule is NC(=O)c1cccc(-c2ccc3ocnc3c2)c1-c1cccc(Cl)c1Cl. The number of fused-ring (bicyclic) bond motifs is 1. The van der Waals surface area contributed by atoms with E-state index < -0.39 is 5.91 Å². The summed E-state index contributed by atoms with van der Waals surface area (Å²) in [5.41, 5.74) is 10.3. The molecule has 0 saturated heterocycles. The molecule has 2 N–H and O–H groups in total. The molecular formula is C20H12Cl2N2O2. The minimum atomic E-state index is -0.541. The van der Waals surface area contributed by atoms with Crippen molar-refractivity contribution in [1.29, 1.82) is 0 Å². The van der Waals surface area contributed by atoms with Gasteiger partial charge >= 0.3 is 0 Å². The summed E-state index contributed by atoms with van der Waals surface area (Å²) in [6, 6.07) is 16.3. The van der Waals surface area contributed by atoms with Crippen LogP contribution in [0.25, 0.3) is 33.4 Å². The van der Waals surface area contributed by atoms with E-state index in [0.717, 1.165) is 16.6 Å². The smallest absolute Gasteiger partial charge is 0.249 e. The van der Waals surface area contributed by atoms with Crippen molar-refractivity contribution in [2.45, 2.75) is 0 Å². The molecule has 4 aromatic rings. The van der Waals surface area contributed by atoms with Crippen molar-refractivity contribution < 1.29 is 9.21 Å². The van der Waals surface area contributed by atoms with Crippen molar-refractivity contribution in [2.75, 3.05) is 0 Å². The molecule has 0 fully saturated rings. The molecule has 0 aliphatic rings. The maximum absolute atomic E-state index is 12.1. The Morgan fingerprint density at radius 2 is 1.77 bits per heavy atom. The second kappa shape index (κ2) is 6.48. The summed E-state index contributed by atoms with van der Waals surface area (Å²) in [4.78, 5) is 16.3. The number of halogens is 2. The normalized spacial score (nSPS) is 11.0. The van der Waals surface area contributed by atoms with Gasteiger partial charge in [-0.05, 0) is 35.4 Å². The Balaban J connectivity index is 2.05. The van der Waals surface area contributed by atoms with Crippen molar-refractivity contribution in [3.05, 3.63) is 76.6 Å². The molecule has 4 rings (SSSR count). The van der Waals surface area contributed by atoms with E-state index in [4.69, 9.17) is 33.4 Å². The van der Waals surface area contributed by atoms with Crippen LogP contribution in [0.2, 0.25) is 10.0 Å². The molecule has 0 aliphatic carbocycles. The van der Waals surface area contributed by atoms with Crippen LogP contribution in [0.1, 0.15) is 10.4 Å². The molecule has 1 aromatic heterocycles. The fourth-order valence-electron chi connectivity index (χ4n) is 3.01. The summed E-state index contributed by atoms with van der Waals surface area (Å²) in [7, 11) is 0. The lowest BCUT2D eigenvalue weighted by molar-refractivity contribution is 0.100. The summed E-state index contributed by atoms with van der Waals surface area (Å²) in [6.07, 6.45) is 1.39. The first kappa shape index (κ1) is 16.6. The van der Waals surface area contributed by atoms with Crippen LogP contribution in [0, 0.1) is 0 Å². The number of nitrogens with two attached hydrogens (primary N) is 1. The third-order valence-electron chi connectivity index (χ3n) is 4.19. The maximum atomic E-state index is 12.1. The molecule has 26 heavy (non-hydrogen) atoms. The highest BCUT2D eigenvalue weighted by Crippen LogP contribution is 2.41. The standard InChI is InChI=1S/C20H12Cl2N2O2/c21-15-6-2-4-13(19(15)22)18-12(3-1-5-14(18)20(23)25)11-7-8-17-16(9-11)24-10-26-17/h1-10H,(H2,23,25). The number of carbonyl (C=O) groups is 1. The van der Waals surface area contributed by atoms with E-state index in [1.54, 1.807) is 24.3 Å². The lowest BCUT2D eigenvalue weighted by Crippen LogP contribution is -2.13. The van der Waals surface area contributed by atoms with E-state index in [0.29, 0.717) is 32.3 Å². The number of amides is 1. The molecular weight excluding hydrogens is 371 g/mol. The van der Waals surface area contributed by atoms with Gasteiger partial charge in [-0.15, -0.1) is 0 Å². The van der Waals surface area contributed by atoms with Crippen molar-refractivity contribution in [2.24, 2.45) is 5.73 Å². The van der Waals surface area contributed by atoms with Gasteiger partial charge in [-0.2, -0.15) is 0 Å². The van der Waals surface area contributed by atoms with Gasteiger partial charge in [0.05, 0.1) is 10.0 Å². The Morgan fingerprint density at radius 3 is 2.58 bits per heavy atom. The van der Waals surface area contributed by atoms with E-state index in [9.17, 15) is 4.79 Å². The molecule has 0 saturated carbocycles. The van der Waals surface area contributed by atoms with Crippen molar-refractivity contribution in [1.82, 2.24) is 4.98 Å². The number of nitrogens with zero attached hydrogens (tertiary/aromatic N) is 1. The minimum absolute atomic E-state index is 0.367. The zero-order valence-corrected chi connectivity index (χ0v) is 14.9. The maximum Gasteiger partial charge on any atom is 0.249 e. The van der Waals surface area contributed by atoms with Crippen LogP contribution in [0.4, 0.5) is 0 Å². The highest BCUT2D eigenvalue weighted by atomic mass is 35.5. The molecule has 0 spiro atoms. The topological polar surface area (TPSA) is 69.1 Å². The average molecular weight is 383 g/mol. The fraction of sp³-hybridized carbons (Fsp3) is 0. The number of hydrogen-bond donors (Lipinski definition) is 1. The van der Waals surface area contributed by atoms with Crippen LogP contribution in [0.5, 0.6) is 0 Å². The molecule has 1 heterocycles. The van der Waals surface area contributed by atoms with Crippen LogP contribution in [0.15, 0.2) is 65.4 Å². The molecule has 128 valence electrons. The van der Waals surface area contributed by atoms with Crippen molar-refractivity contribution in [3.8, 4) is 22.3 Å². The largest absolute Gasteiger partial charge is 0.443 e. The summed E-state index contributed by atoms with van der Waals surface area (Å²) < 4.78 is 5.30. The van der Waals surface area contributed by atoms with Gasteiger partial charge in [0.15, 0.2) is 12.0 Å². The number of primary amides is 1. The third kappa shape index (κ3) is 2.73. The highest BCUT2D eigenvalue weighted by molar-refractivity contribution is 6.44. The quantitative estimate of drug-likeness (QED) is 0.503. The van der Waals surface area contributed by atoms with Gasteiger partial charge in [0.1, 0.15) is 5.52 Å². The monoisotopic (exact) mass is 382 g/mol. The lowest BCUT2D eigenvalue weighted by Gasteiger charge is -2.15. The summed E-state index contributed by atoms with van der Waals surface area (Å²) in [5.74, 6) is -0.541.